The summed E-state index contributed by atoms with van der Waals surface area (Å²) < 4.78 is 31.2. The molecule has 1 atom stereocenters. The van der Waals surface area contributed by atoms with Gasteiger partial charge in [-0.05, 0) is 12.1 Å². The van der Waals surface area contributed by atoms with Crippen LogP contribution in [0.3, 0.4) is 0 Å². The fourth-order valence-electron chi connectivity index (χ4n) is 2.17. The first-order valence-corrected chi connectivity index (χ1v) is 8.79. The lowest BCUT2D eigenvalue weighted by molar-refractivity contribution is 0.426. The topological polar surface area (TPSA) is 43.1 Å². The molecule has 3 nitrogen and oxygen atoms in total. The number of nitrogens with zero attached hydrogens (tertiary/aromatic N) is 1. The van der Waals surface area contributed by atoms with Gasteiger partial charge in [0.1, 0.15) is 5.82 Å². The number of hydrogen-bond donors (Lipinski definition) is 0. The van der Waals surface area contributed by atoms with Crippen molar-refractivity contribution in [2.45, 2.75) is 11.5 Å². The number of halogens is 2. The highest BCUT2D eigenvalue weighted by molar-refractivity contribution is 7.83. The lowest BCUT2D eigenvalue weighted by Crippen LogP contribution is -2.02. The quantitative estimate of drug-likeness (QED) is 0.677. The Labute approximate surface area is 140 Å². The minimum atomic E-state index is -1.33. The van der Waals surface area contributed by atoms with Gasteiger partial charge in [0.05, 0.1) is 17.2 Å². The maximum absolute atomic E-state index is 13.7. The molecule has 0 bridgehead atoms. The van der Waals surface area contributed by atoms with Crippen LogP contribution in [0.15, 0.2) is 59.1 Å². The van der Waals surface area contributed by atoms with Crippen LogP contribution < -0.4 is 0 Å². The van der Waals surface area contributed by atoms with Crippen molar-refractivity contribution < 1.29 is 13.1 Å². The molecule has 0 unspecified atom stereocenters. The van der Waals surface area contributed by atoms with Gasteiger partial charge in [0, 0.05) is 33.0 Å². The largest absolute Gasteiger partial charge is 0.356 e. The van der Waals surface area contributed by atoms with Crippen LogP contribution in [0.1, 0.15) is 11.3 Å². The summed E-state index contributed by atoms with van der Waals surface area (Å²) in [6.07, 6.45) is 0. The monoisotopic (exact) mass is 349 g/mol. The molecule has 3 rings (SSSR count). The molecule has 0 saturated carbocycles. The predicted octanol–water partition coefficient (Wildman–Crippen LogP) is 4.58. The van der Waals surface area contributed by atoms with E-state index in [-0.39, 0.29) is 22.1 Å². The minimum absolute atomic E-state index is 0.0407. The second kappa shape index (κ2) is 7.06. The van der Waals surface area contributed by atoms with Crippen LogP contribution in [-0.2, 0) is 22.3 Å². The third-order valence-corrected chi connectivity index (χ3v) is 4.88. The second-order valence-corrected chi connectivity index (χ2v) is 6.84. The summed E-state index contributed by atoms with van der Waals surface area (Å²) in [5.74, 6) is 0.387. The van der Waals surface area contributed by atoms with E-state index >= 15 is 0 Å². The molecule has 118 valence electrons. The summed E-state index contributed by atoms with van der Waals surface area (Å²) in [5, 5.41) is 4.21. The molecule has 0 radical (unpaired) electrons. The minimum Gasteiger partial charge on any atom is -0.356 e. The summed E-state index contributed by atoms with van der Waals surface area (Å²) in [7, 11) is -1.33. The molecule has 0 N–H and O–H groups in total. The molecule has 0 fully saturated rings. The zero-order valence-corrected chi connectivity index (χ0v) is 13.6. The summed E-state index contributed by atoms with van der Waals surface area (Å²) in [6, 6.07) is 15.7. The predicted molar refractivity (Wildman–Crippen MR) is 88.9 cm³/mol. The Bertz CT molecular complexity index is 815. The fourth-order valence-corrected chi connectivity index (χ4v) is 3.66. The Kier molecular flexibility index (Phi) is 4.88. The van der Waals surface area contributed by atoms with Crippen molar-refractivity contribution in [2.75, 3.05) is 0 Å². The summed E-state index contributed by atoms with van der Waals surface area (Å²) in [6.45, 7) is 0. The summed E-state index contributed by atoms with van der Waals surface area (Å²) in [4.78, 5) is 0. The highest BCUT2D eigenvalue weighted by atomic mass is 35.5. The van der Waals surface area contributed by atoms with Crippen molar-refractivity contribution in [2.24, 2.45) is 0 Å². The molecule has 0 amide bonds. The first-order chi connectivity index (χ1) is 11.1. The Balaban J connectivity index is 1.70. The lowest BCUT2D eigenvalue weighted by Gasteiger charge is -2.04. The van der Waals surface area contributed by atoms with Crippen molar-refractivity contribution in [1.29, 1.82) is 0 Å². The standard InChI is InChI=1S/C17H13ClFNO2S/c18-15-7-4-8-16(19)14(15)11-23(21)10-13-9-17(22-20-13)12-5-2-1-3-6-12/h1-9H,10-11H2/t23-/m0/s1. The van der Waals surface area contributed by atoms with Crippen molar-refractivity contribution in [3.05, 3.63) is 76.7 Å². The van der Waals surface area contributed by atoms with Gasteiger partial charge in [0.15, 0.2) is 5.76 Å². The molecule has 23 heavy (non-hydrogen) atoms. The molecule has 6 heteroatoms. The van der Waals surface area contributed by atoms with E-state index in [4.69, 9.17) is 16.1 Å². The van der Waals surface area contributed by atoms with Crippen molar-refractivity contribution >= 4 is 22.4 Å². The van der Waals surface area contributed by atoms with Gasteiger partial charge >= 0.3 is 0 Å². The van der Waals surface area contributed by atoms with Crippen LogP contribution in [-0.4, -0.2) is 9.37 Å². The molecule has 0 aliphatic heterocycles. The molecular weight excluding hydrogens is 337 g/mol. The van der Waals surface area contributed by atoms with Crippen molar-refractivity contribution in [3.63, 3.8) is 0 Å². The number of rotatable bonds is 5. The Morgan fingerprint density at radius 1 is 1.09 bits per heavy atom. The van der Waals surface area contributed by atoms with E-state index < -0.39 is 16.6 Å². The number of aromatic nitrogens is 1. The van der Waals surface area contributed by atoms with E-state index in [2.05, 4.69) is 5.16 Å². The molecule has 0 aliphatic rings. The second-order valence-electron chi connectivity index (χ2n) is 4.98. The van der Waals surface area contributed by atoms with Gasteiger partial charge in [-0.25, -0.2) is 4.39 Å². The third-order valence-electron chi connectivity index (χ3n) is 3.29. The first-order valence-electron chi connectivity index (χ1n) is 6.92. The normalized spacial score (nSPS) is 12.3. The summed E-state index contributed by atoms with van der Waals surface area (Å²) in [5.41, 5.74) is 1.73. The maximum Gasteiger partial charge on any atom is 0.167 e. The van der Waals surface area contributed by atoms with Crippen molar-refractivity contribution in [3.8, 4) is 11.3 Å². The van der Waals surface area contributed by atoms with E-state index in [0.717, 1.165) is 5.56 Å². The molecule has 2 aromatic carbocycles. The Morgan fingerprint density at radius 3 is 2.61 bits per heavy atom. The molecule has 0 saturated heterocycles. The van der Waals surface area contributed by atoms with E-state index in [1.54, 1.807) is 12.1 Å². The average Bonchev–Trinajstić information content (AvgIpc) is 3.00. The van der Waals surface area contributed by atoms with E-state index in [1.165, 1.54) is 12.1 Å². The molecule has 1 aromatic heterocycles. The fraction of sp³-hybridized carbons (Fsp3) is 0.118. The first kappa shape index (κ1) is 15.9. The van der Waals surface area contributed by atoms with Crippen LogP contribution in [0.25, 0.3) is 11.3 Å². The van der Waals surface area contributed by atoms with E-state index in [1.807, 2.05) is 30.3 Å². The highest BCUT2D eigenvalue weighted by Gasteiger charge is 2.14. The van der Waals surface area contributed by atoms with Crippen molar-refractivity contribution in [1.82, 2.24) is 5.16 Å². The zero-order chi connectivity index (χ0) is 16.2. The SMILES string of the molecule is O=[S@@](Cc1cc(-c2ccccc2)on1)Cc1c(F)cccc1Cl. The Hall–Kier alpha value is -1.98. The smallest absolute Gasteiger partial charge is 0.167 e. The van der Waals surface area contributed by atoms with Gasteiger partial charge in [-0.3, -0.25) is 4.21 Å². The van der Waals surface area contributed by atoms with Crippen LogP contribution in [0.2, 0.25) is 5.02 Å². The van der Waals surface area contributed by atoms with Gasteiger partial charge in [-0.2, -0.15) is 0 Å². The molecule has 0 aliphatic carbocycles. The van der Waals surface area contributed by atoms with Gasteiger partial charge < -0.3 is 4.52 Å². The Morgan fingerprint density at radius 2 is 1.87 bits per heavy atom. The summed E-state index contributed by atoms with van der Waals surface area (Å²) >= 11 is 5.95. The van der Waals surface area contributed by atoms with E-state index in [9.17, 15) is 8.60 Å². The molecular formula is C17H13ClFNO2S. The molecule has 3 aromatic rings. The van der Waals surface area contributed by atoms with E-state index in [0.29, 0.717) is 11.5 Å². The zero-order valence-electron chi connectivity index (χ0n) is 12.0. The van der Waals surface area contributed by atoms with Gasteiger partial charge in [-0.1, -0.05) is 53.2 Å². The van der Waals surface area contributed by atoms with Gasteiger partial charge in [-0.15, -0.1) is 0 Å². The number of benzene rings is 2. The van der Waals surface area contributed by atoms with Crippen LogP contribution >= 0.6 is 11.6 Å². The highest BCUT2D eigenvalue weighted by Crippen LogP contribution is 2.23. The third kappa shape index (κ3) is 3.86. The average molecular weight is 350 g/mol. The van der Waals surface area contributed by atoms with Crippen LogP contribution in [0.5, 0.6) is 0 Å². The van der Waals surface area contributed by atoms with Gasteiger partial charge in [0.25, 0.3) is 0 Å². The van der Waals surface area contributed by atoms with Crippen LogP contribution in [0, 0.1) is 5.82 Å². The van der Waals surface area contributed by atoms with Crippen LogP contribution in [0.4, 0.5) is 4.39 Å². The van der Waals surface area contributed by atoms with Gasteiger partial charge in [0.2, 0.25) is 0 Å². The molecule has 0 spiro atoms. The number of hydrogen-bond acceptors (Lipinski definition) is 3. The lowest BCUT2D eigenvalue weighted by atomic mass is 10.2. The molecule has 1 heterocycles. The maximum atomic E-state index is 13.7.